The molecule has 0 saturated carbocycles. The number of amides is 1. The molecule has 0 atom stereocenters. The van der Waals surface area contributed by atoms with Gasteiger partial charge in [0.25, 0.3) is 5.91 Å². The minimum atomic E-state index is -0.566. The van der Waals surface area contributed by atoms with Gasteiger partial charge in [-0.3, -0.25) is 4.79 Å². The number of unbranched alkanes of at least 4 members (excludes halogenated alkanes) is 7. The first kappa shape index (κ1) is 16.3. The number of carbonyl (C=O) groups excluding carboxylic acids is 1. The van der Waals surface area contributed by atoms with Crippen LogP contribution in [0.4, 0.5) is 0 Å². The molecule has 0 aromatic carbocycles. The van der Waals surface area contributed by atoms with Gasteiger partial charge in [0, 0.05) is 10.6 Å². The summed E-state index contributed by atoms with van der Waals surface area (Å²) >= 11 is 0. The molecule has 0 unspecified atom stereocenters. The van der Waals surface area contributed by atoms with E-state index in [0.29, 0.717) is 0 Å². The van der Waals surface area contributed by atoms with Gasteiger partial charge in [0.15, 0.2) is 0 Å². The Kier molecular flexibility index (Phi) is 8.92. The smallest absolute Gasteiger partial charge is 0.268 e. The van der Waals surface area contributed by atoms with Gasteiger partial charge in [0.1, 0.15) is 0 Å². The SMILES string of the molecule is CCCCCCCCCCC(C)(C)C(=O)N=O. The van der Waals surface area contributed by atoms with Crippen LogP contribution in [0.15, 0.2) is 5.18 Å². The largest absolute Gasteiger partial charge is 0.291 e. The minimum absolute atomic E-state index is 0.513. The van der Waals surface area contributed by atoms with Crippen molar-refractivity contribution in [1.29, 1.82) is 0 Å². The molecule has 100 valence electrons. The van der Waals surface area contributed by atoms with E-state index in [9.17, 15) is 9.70 Å². The van der Waals surface area contributed by atoms with Crippen molar-refractivity contribution in [2.24, 2.45) is 10.6 Å². The minimum Gasteiger partial charge on any atom is -0.268 e. The van der Waals surface area contributed by atoms with Crippen LogP contribution in [-0.4, -0.2) is 5.91 Å². The summed E-state index contributed by atoms with van der Waals surface area (Å²) in [6, 6.07) is 0. The monoisotopic (exact) mass is 241 g/mol. The molecular weight excluding hydrogens is 214 g/mol. The Morgan fingerprint density at radius 2 is 1.41 bits per heavy atom. The fourth-order valence-corrected chi connectivity index (χ4v) is 1.93. The first-order valence-electron chi connectivity index (χ1n) is 6.92. The Hall–Kier alpha value is -0.730. The van der Waals surface area contributed by atoms with Crippen molar-refractivity contribution in [3.8, 4) is 0 Å². The second kappa shape index (κ2) is 9.32. The third kappa shape index (κ3) is 8.06. The van der Waals surface area contributed by atoms with E-state index in [1.807, 2.05) is 0 Å². The Labute approximate surface area is 105 Å². The number of carbonyl (C=O) groups is 1. The molecule has 0 radical (unpaired) electrons. The lowest BCUT2D eigenvalue weighted by molar-refractivity contribution is -0.126. The van der Waals surface area contributed by atoms with Crippen molar-refractivity contribution in [2.45, 2.75) is 78.6 Å². The highest BCUT2D eigenvalue weighted by Crippen LogP contribution is 2.25. The molecule has 0 bridgehead atoms. The fraction of sp³-hybridized carbons (Fsp3) is 0.929. The van der Waals surface area contributed by atoms with Gasteiger partial charge >= 0.3 is 0 Å². The van der Waals surface area contributed by atoms with Gasteiger partial charge in [-0.15, -0.1) is 4.91 Å². The maximum absolute atomic E-state index is 11.2. The van der Waals surface area contributed by atoms with Crippen LogP contribution >= 0.6 is 0 Å². The van der Waals surface area contributed by atoms with Crippen molar-refractivity contribution >= 4 is 5.91 Å². The summed E-state index contributed by atoms with van der Waals surface area (Å²) in [7, 11) is 0. The quantitative estimate of drug-likeness (QED) is 0.406. The highest BCUT2D eigenvalue weighted by atomic mass is 16.3. The lowest BCUT2D eigenvalue weighted by atomic mass is 9.86. The predicted octanol–water partition coefficient (Wildman–Crippen LogP) is 4.84. The summed E-state index contributed by atoms with van der Waals surface area (Å²) in [6.07, 6.45) is 10.8. The number of nitrogens with zero attached hydrogens (tertiary/aromatic N) is 1. The molecule has 1 amide bonds. The molecular formula is C14H27NO2. The average Bonchev–Trinajstić information content (AvgIpc) is 2.31. The van der Waals surface area contributed by atoms with Crippen LogP contribution in [0.2, 0.25) is 0 Å². The molecule has 3 nitrogen and oxygen atoms in total. The van der Waals surface area contributed by atoms with E-state index in [1.54, 1.807) is 13.8 Å². The molecule has 0 saturated heterocycles. The summed E-state index contributed by atoms with van der Waals surface area (Å²) in [6.45, 7) is 5.83. The fourth-order valence-electron chi connectivity index (χ4n) is 1.93. The van der Waals surface area contributed by atoms with Crippen LogP contribution in [0, 0.1) is 10.3 Å². The van der Waals surface area contributed by atoms with Crippen LogP contribution < -0.4 is 0 Å². The Morgan fingerprint density at radius 3 is 1.88 bits per heavy atom. The molecule has 0 aliphatic heterocycles. The van der Waals surface area contributed by atoms with E-state index in [-0.39, 0.29) is 0 Å². The average molecular weight is 241 g/mol. The van der Waals surface area contributed by atoms with Gasteiger partial charge in [-0.25, -0.2) is 0 Å². The molecule has 0 N–H and O–H groups in total. The van der Waals surface area contributed by atoms with Gasteiger partial charge in [-0.1, -0.05) is 72.1 Å². The Morgan fingerprint density at radius 1 is 0.941 bits per heavy atom. The van der Waals surface area contributed by atoms with E-state index in [4.69, 9.17) is 0 Å². The van der Waals surface area contributed by atoms with Crippen molar-refractivity contribution in [3.05, 3.63) is 4.91 Å². The second-order valence-electron chi connectivity index (χ2n) is 5.51. The van der Waals surface area contributed by atoms with Crippen LogP contribution in [0.3, 0.4) is 0 Å². The molecule has 0 rings (SSSR count). The summed E-state index contributed by atoms with van der Waals surface area (Å²) < 4.78 is 0. The predicted molar refractivity (Wildman–Crippen MR) is 71.8 cm³/mol. The topological polar surface area (TPSA) is 46.5 Å². The number of rotatable bonds is 10. The van der Waals surface area contributed by atoms with Crippen molar-refractivity contribution in [3.63, 3.8) is 0 Å². The Balaban J connectivity index is 3.45. The summed E-state index contributed by atoms with van der Waals surface area (Å²) in [5, 5.41) is 2.52. The number of hydrogen-bond acceptors (Lipinski definition) is 2. The number of hydrogen-bond donors (Lipinski definition) is 0. The zero-order chi connectivity index (χ0) is 13.1. The maximum Gasteiger partial charge on any atom is 0.291 e. The zero-order valence-corrected chi connectivity index (χ0v) is 11.6. The third-order valence-electron chi connectivity index (χ3n) is 3.32. The molecule has 0 fully saturated rings. The van der Waals surface area contributed by atoms with Crippen LogP contribution in [0.5, 0.6) is 0 Å². The zero-order valence-electron chi connectivity index (χ0n) is 11.6. The first-order chi connectivity index (χ1) is 8.04. The lowest BCUT2D eigenvalue weighted by Crippen LogP contribution is -2.21. The van der Waals surface area contributed by atoms with Gasteiger partial charge in [0.05, 0.1) is 0 Å². The summed E-state index contributed by atoms with van der Waals surface area (Å²) in [5.41, 5.74) is -0.566. The molecule has 17 heavy (non-hydrogen) atoms. The van der Waals surface area contributed by atoms with Crippen molar-refractivity contribution in [2.75, 3.05) is 0 Å². The van der Waals surface area contributed by atoms with Crippen molar-refractivity contribution < 1.29 is 4.79 Å². The van der Waals surface area contributed by atoms with E-state index >= 15 is 0 Å². The molecule has 0 spiro atoms. The molecule has 0 aromatic heterocycles. The molecule has 3 heteroatoms. The maximum atomic E-state index is 11.2. The van der Waals surface area contributed by atoms with E-state index < -0.39 is 11.3 Å². The van der Waals surface area contributed by atoms with Gasteiger partial charge < -0.3 is 0 Å². The molecule has 0 aliphatic rings. The molecule has 0 aliphatic carbocycles. The summed E-state index contributed by atoms with van der Waals surface area (Å²) in [5.74, 6) is -0.513. The molecule has 0 heterocycles. The second-order valence-corrected chi connectivity index (χ2v) is 5.51. The molecule has 0 aromatic rings. The highest BCUT2D eigenvalue weighted by Gasteiger charge is 2.27. The highest BCUT2D eigenvalue weighted by molar-refractivity contribution is 5.82. The Bertz CT molecular complexity index is 224. The lowest BCUT2D eigenvalue weighted by Gasteiger charge is -2.18. The standard InChI is InChI=1S/C14H27NO2/c1-4-5-6-7-8-9-10-11-12-14(2,3)13(16)15-17/h4-12H2,1-3H3. The van der Waals surface area contributed by atoms with E-state index in [1.165, 1.54) is 38.5 Å². The number of nitroso groups, excluding NO2 is 1. The normalized spacial score (nSPS) is 11.5. The summed E-state index contributed by atoms with van der Waals surface area (Å²) in [4.78, 5) is 21.4. The van der Waals surface area contributed by atoms with E-state index in [2.05, 4.69) is 12.1 Å². The van der Waals surface area contributed by atoms with Crippen LogP contribution in [-0.2, 0) is 4.79 Å². The van der Waals surface area contributed by atoms with Crippen LogP contribution in [0.1, 0.15) is 78.6 Å². The first-order valence-corrected chi connectivity index (χ1v) is 6.92. The van der Waals surface area contributed by atoms with Crippen molar-refractivity contribution in [1.82, 2.24) is 0 Å². The third-order valence-corrected chi connectivity index (χ3v) is 3.32. The van der Waals surface area contributed by atoms with Gasteiger partial charge in [-0.05, 0) is 6.42 Å². The van der Waals surface area contributed by atoms with E-state index in [0.717, 1.165) is 19.3 Å². The van der Waals surface area contributed by atoms with Gasteiger partial charge in [0.2, 0.25) is 0 Å². The van der Waals surface area contributed by atoms with Gasteiger partial charge in [-0.2, -0.15) is 0 Å². The van der Waals surface area contributed by atoms with Crippen LogP contribution in [0.25, 0.3) is 0 Å².